The van der Waals surface area contributed by atoms with E-state index in [1.54, 1.807) is 6.07 Å². The smallest absolute Gasteiger partial charge is 0.221 e. The number of rotatable bonds is 6. The molecule has 0 aromatic carbocycles. The third-order valence-corrected chi connectivity index (χ3v) is 2.58. The van der Waals surface area contributed by atoms with Crippen LogP contribution in [0, 0.1) is 12.8 Å². The van der Waals surface area contributed by atoms with Crippen molar-refractivity contribution in [3.8, 4) is 0 Å². The summed E-state index contributed by atoms with van der Waals surface area (Å²) in [5.74, 6) is 1.95. The van der Waals surface area contributed by atoms with Crippen molar-refractivity contribution in [2.75, 3.05) is 18.4 Å². The molecule has 0 atom stereocenters. The quantitative estimate of drug-likeness (QED) is 0.789. The Kier molecular flexibility index (Phi) is 6.04. The van der Waals surface area contributed by atoms with E-state index < -0.39 is 0 Å². The monoisotopic (exact) mass is 314 g/mol. The average molecular weight is 315 g/mol. The van der Waals surface area contributed by atoms with Gasteiger partial charge >= 0.3 is 0 Å². The highest BCUT2D eigenvalue weighted by molar-refractivity contribution is 9.10. The first-order valence-corrected chi connectivity index (χ1v) is 6.78. The van der Waals surface area contributed by atoms with Gasteiger partial charge in [-0.2, -0.15) is 0 Å². The van der Waals surface area contributed by atoms with Gasteiger partial charge in [-0.25, -0.2) is 9.97 Å². The van der Waals surface area contributed by atoms with Crippen molar-refractivity contribution in [3.05, 3.63) is 16.5 Å². The molecule has 1 rings (SSSR count). The Hall–Kier alpha value is -1.17. The zero-order valence-corrected chi connectivity index (χ0v) is 12.5. The van der Waals surface area contributed by atoms with Gasteiger partial charge in [-0.3, -0.25) is 4.79 Å². The molecule has 0 aliphatic heterocycles. The molecule has 0 saturated heterocycles. The van der Waals surface area contributed by atoms with E-state index in [-0.39, 0.29) is 5.91 Å². The van der Waals surface area contributed by atoms with E-state index in [4.69, 9.17) is 0 Å². The van der Waals surface area contributed by atoms with Crippen molar-refractivity contribution >= 4 is 27.7 Å². The average Bonchev–Trinajstić information content (AvgIpc) is 2.25. The van der Waals surface area contributed by atoms with Crippen LogP contribution in [0.2, 0.25) is 0 Å². The van der Waals surface area contributed by atoms with E-state index in [0.717, 1.165) is 17.0 Å². The van der Waals surface area contributed by atoms with Gasteiger partial charge in [0.2, 0.25) is 5.91 Å². The molecule has 5 nitrogen and oxygen atoms in total. The third kappa shape index (κ3) is 5.95. The molecule has 0 spiro atoms. The van der Waals surface area contributed by atoms with Crippen LogP contribution in [0.4, 0.5) is 5.82 Å². The predicted octanol–water partition coefficient (Wildman–Crippen LogP) is 2.12. The van der Waals surface area contributed by atoms with E-state index in [1.165, 1.54) is 0 Å². The van der Waals surface area contributed by atoms with Crippen LogP contribution < -0.4 is 10.6 Å². The first-order valence-electron chi connectivity index (χ1n) is 5.99. The van der Waals surface area contributed by atoms with Crippen LogP contribution in [-0.4, -0.2) is 29.0 Å². The minimum atomic E-state index is 0.0565. The lowest BCUT2D eigenvalue weighted by Crippen LogP contribution is -2.28. The maximum Gasteiger partial charge on any atom is 0.221 e. The summed E-state index contributed by atoms with van der Waals surface area (Å²) < 4.78 is 0.738. The Labute approximate surface area is 116 Å². The second kappa shape index (κ2) is 7.31. The molecular weight excluding hydrogens is 296 g/mol. The molecule has 0 unspecified atom stereocenters. The molecular formula is C12H19BrN4O. The van der Waals surface area contributed by atoms with Crippen LogP contribution in [0.15, 0.2) is 10.7 Å². The van der Waals surface area contributed by atoms with Crippen molar-refractivity contribution in [1.29, 1.82) is 0 Å². The number of aryl methyl sites for hydroxylation is 1. The maximum atomic E-state index is 11.5. The van der Waals surface area contributed by atoms with Gasteiger partial charge in [0.25, 0.3) is 0 Å². The number of hydrogen-bond donors (Lipinski definition) is 2. The second-order valence-electron chi connectivity index (χ2n) is 4.50. The summed E-state index contributed by atoms with van der Waals surface area (Å²) in [6.45, 7) is 7.24. The van der Waals surface area contributed by atoms with Crippen molar-refractivity contribution in [2.45, 2.75) is 27.2 Å². The number of amides is 1. The molecule has 1 aromatic heterocycles. The summed E-state index contributed by atoms with van der Waals surface area (Å²) >= 11 is 3.30. The van der Waals surface area contributed by atoms with Crippen LogP contribution in [-0.2, 0) is 4.79 Å². The summed E-state index contributed by atoms with van der Waals surface area (Å²) in [4.78, 5) is 19.8. The highest BCUT2D eigenvalue weighted by atomic mass is 79.9. The number of nitrogens with zero attached hydrogens (tertiary/aromatic N) is 2. The molecule has 0 radical (unpaired) electrons. The molecule has 18 heavy (non-hydrogen) atoms. The molecule has 1 amide bonds. The lowest BCUT2D eigenvalue weighted by Gasteiger charge is -2.09. The standard InChI is InChI=1S/C12H19BrN4O/c1-8(2)7-15-12(18)4-5-14-11-6-10(13)16-9(3)17-11/h6,8H,4-5,7H2,1-3H3,(H,15,18)(H,14,16,17). The van der Waals surface area contributed by atoms with Gasteiger partial charge in [-0.05, 0) is 28.8 Å². The van der Waals surface area contributed by atoms with E-state index in [0.29, 0.717) is 24.7 Å². The predicted molar refractivity (Wildman–Crippen MR) is 75.4 cm³/mol. The van der Waals surface area contributed by atoms with Gasteiger partial charge in [-0.15, -0.1) is 0 Å². The third-order valence-electron chi connectivity index (χ3n) is 2.17. The molecule has 1 heterocycles. The normalized spacial score (nSPS) is 10.5. The van der Waals surface area contributed by atoms with Gasteiger partial charge in [0.15, 0.2) is 0 Å². The van der Waals surface area contributed by atoms with Gasteiger partial charge < -0.3 is 10.6 Å². The van der Waals surface area contributed by atoms with Crippen molar-refractivity contribution in [1.82, 2.24) is 15.3 Å². The number of carbonyl (C=O) groups is 1. The number of carbonyl (C=O) groups excluding carboxylic acids is 1. The van der Waals surface area contributed by atoms with Crippen LogP contribution in [0.1, 0.15) is 26.1 Å². The van der Waals surface area contributed by atoms with Crippen LogP contribution in [0.25, 0.3) is 0 Å². The maximum absolute atomic E-state index is 11.5. The number of aromatic nitrogens is 2. The number of nitrogens with one attached hydrogen (secondary N) is 2. The molecule has 2 N–H and O–H groups in total. The number of hydrogen-bond acceptors (Lipinski definition) is 4. The SMILES string of the molecule is Cc1nc(Br)cc(NCCC(=O)NCC(C)C)n1. The Morgan fingerprint density at radius 3 is 2.78 bits per heavy atom. The van der Waals surface area contributed by atoms with Gasteiger partial charge in [-0.1, -0.05) is 13.8 Å². The summed E-state index contributed by atoms with van der Waals surface area (Å²) in [7, 11) is 0. The molecule has 0 bridgehead atoms. The summed E-state index contributed by atoms with van der Waals surface area (Å²) in [5.41, 5.74) is 0. The Morgan fingerprint density at radius 2 is 2.17 bits per heavy atom. The Balaban J connectivity index is 2.30. The summed E-state index contributed by atoms with van der Waals surface area (Å²) in [6.07, 6.45) is 0.438. The second-order valence-corrected chi connectivity index (χ2v) is 5.31. The summed E-state index contributed by atoms with van der Waals surface area (Å²) in [5, 5.41) is 5.97. The zero-order chi connectivity index (χ0) is 13.5. The van der Waals surface area contributed by atoms with Crippen molar-refractivity contribution < 1.29 is 4.79 Å². The van der Waals surface area contributed by atoms with E-state index in [1.807, 2.05) is 6.92 Å². The fraction of sp³-hybridized carbons (Fsp3) is 0.583. The molecule has 0 fully saturated rings. The van der Waals surface area contributed by atoms with Gasteiger partial charge in [0.05, 0.1) is 0 Å². The largest absolute Gasteiger partial charge is 0.369 e. The lowest BCUT2D eigenvalue weighted by molar-refractivity contribution is -0.120. The van der Waals surface area contributed by atoms with Gasteiger partial charge in [0, 0.05) is 25.6 Å². The lowest BCUT2D eigenvalue weighted by atomic mass is 10.2. The molecule has 0 aliphatic carbocycles. The van der Waals surface area contributed by atoms with Crippen molar-refractivity contribution in [2.24, 2.45) is 5.92 Å². The fourth-order valence-corrected chi connectivity index (χ4v) is 1.81. The highest BCUT2D eigenvalue weighted by Crippen LogP contribution is 2.11. The fourth-order valence-electron chi connectivity index (χ4n) is 1.33. The van der Waals surface area contributed by atoms with Crippen LogP contribution in [0.3, 0.4) is 0 Å². The number of halogens is 1. The molecule has 0 saturated carbocycles. The number of anilines is 1. The van der Waals surface area contributed by atoms with Crippen LogP contribution >= 0.6 is 15.9 Å². The molecule has 6 heteroatoms. The Morgan fingerprint density at radius 1 is 1.44 bits per heavy atom. The zero-order valence-electron chi connectivity index (χ0n) is 11.0. The minimum Gasteiger partial charge on any atom is -0.369 e. The molecule has 1 aromatic rings. The topological polar surface area (TPSA) is 66.9 Å². The minimum absolute atomic E-state index is 0.0565. The highest BCUT2D eigenvalue weighted by Gasteiger charge is 2.03. The van der Waals surface area contributed by atoms with Crippen LogP contribution in [0.5, 0.6) is 0 Å². The first kappa shape index (κ1) is 14.9. The first-order chi connectivity index (χ1) is 8.47. The van der Waals surface area contributed by atoms with Gasteiger partial charge in [0.1, 0.15) is 16.2 Å². The van der Waals surface area contributed by atoms with Crippen molar-refractivity contribution in [3.63, 3.8) is 0 Å². The van der Waals surface area contributed by atoms with E-state index >= 15 is 0 Å². The van der Waals surface area contributed by atoms with E-state index in [9.17, 15) is 4.79 Å². The summed E-state index contributed by atoms with van der Waals surface area (Å²) in [6, 6.07) is 1.79. The molecule has 0 aliphatic rings. The Bertz CT molecular complexity index is 389. The molecule has 100 valence electrons. The van der Waals surface area contributed by atoms with E-state index in [2.05, 4.69) is 50.4 Å².